The van der Waals surface area contributed by atoms with E-state index >= 15 is 0 Å². The van der Waals surface area contributed by atoms with E-state index in [0.29, 0.717) is 12.1 Å². The first-order chi connectivity index (χ1) is 11.5. The number of fused-ring (bicyclic) bond motifs is 1. The van der Waals surface area contributed by atoms with Gasteiger partial charge in [0.1, 0.15) is 0 Å². The second-order valence-corrected chi connectivity index (χ2v) is 6.54. The zero-order valence-corrected chi connectivity index (χ0v) is 14.3. The molecule has 1 saturated heterocycles. The van der Waals surface area contributed by atoms with Crippen molar-refractivity contribution in [3.63, 3.8) is 0 Å². The Kier molecular flexibility index (Phi) is 5.11. The van der Waals surface area contributed by atoms with Crippen molar-refractivity contribution < 1.29 is 9.90 Å². The van der Waals surface area contributed by atoms with Gasteiger partial charge in [0, 0.05) is 25.4 Å². The van der Waals surface area contributed by atoms with E-state index in [4.69, 9.17) is 0 Å². The summed E-state index contributed by atoms with van der Waals surface area (Å²) in [6, 6.07) is 1.87. The molecule has 3 heterocycles. The molecular weight excluding hydrogens is 306 g/mol. The maximum atomic E-state index is 12.4. The normalized spacial score (nSPS) is 17.1. The molecule has 7 heteroatoms. The lowest BCUT2D eigenvalue weighted by Crippen LogP contribution is -2.42. The van der Waals surface area contributed by atoms with Gasteiger partial charge in [0.15, 0.2) is 5.65 Å². The Labute approximate surface area is 141 Å². The summed E-state index contributed by atoms with van der Waals surface area (Å²) in [6.07, 6.45) is 4.65. The van der Waals surface area contributed by atoms with Crippen molar-refractivity contribution in [1.29, 1.82) is 0 Å². The summed E-state index contributed by atoms with van der Waals surface area (Å²) >= 11 is 0. The molecule has 130 valence electrons. The Bertz CT molecular complexity index is 721. The number of amides is 1. The van der Waals surface area contributed by atoms with Gasteiger partial charge >= 0.3 is 0 Å². The minimum atomic E-state index is -0.559. The molecule has 24 heavy (non-hydrogen) atoms. The van der Waals surface area contributed by atoms with E-state index in [2.05, 4.69) is 20.3 Å². The number of aliphatic hydroxyl groups is 1. The van der Waals surface area contributed by atoms with E-state index in [1.54, 1.807) is 10.7 Å². The highest BCUT2D eigenvalue weighted by Crippen LogP contribution is 2.11. The molecular formula is C17H25N5O2. The fraction of sp³-hybridized carbons (Fsp3) is 0.588. The number of β-amino-alcohol motifs (C(OH)–C–C–N with tert-alkyl or cyclic N) is 1. The number of carbonyl (C=O) groups is 1. The highest BCUT2D eigenvalue weighted by Gasteiger charge is 2.17. The molecule has 1 fully saturated rings. The van der Waals surface area contributed by atoms with Crippen LogP contribution in [0.25, 0.3) is 5.65 Å². The number of rotatable bonds is 5. The van der Waals surface area contributed by atoms with Gasteiger partial charge < -0.3 is 15.3 Å². The minimum Gasteiger partial charge on any atom is -0.390 e. The number of hydrogen-bond acceptors (Lipinski definition) is 5. The lowest BCUT2D eigenvalue weighted by Gasteiger charge is -2.28. The van der Waals surface area contributed by atoms with E-state index in [0.717, 1.165) is 30.1 Å². The van der Waals surface area contributed by atoms with Crippen molar-refractivity contribution in [2.24, 2.45) is 0 Å². The molecule has 0 radical (unpaired) electrons. The number of piperidine rings is 1. The van der Waals surface area contributed by atoms with Crippen molar-refractivity contribution in [2.45, 2.75) is 39.2 Å². The average Bonchev–Trinajstić information content (AvgIpc) is 2.95. The first-order valence-electron chi connectivity index (χ1n) is 8.55. The van der Waals surface area contributed by atoms with E-state index in [1.165, 1.54) is 19.3 Å². The van der Waals surface area contributed by atoms with Gasteiger partial charge in [-0.15, -0.1) is 0 Å². The monoisotopic (exact) mass is 331 g/mol. The third-order valence-corrected chi connectivity index (χ3v) is 4.51. The maximum Gasteiger partial charge on any atom is 0.254 e. The minimum absolute atomic E-state index is 0.229. The number of nitrogens with zero attached hydrogens (tertiary/aromatic N) is 4. The van der Waals surface area contributed by atoms with Crippen molar-refractivity contribution in [3.8, 4) is 0 Å². The fourth-order valence-corrected chi connectivity index (χ4v) is 3.20. The quantitative estimate of drug-likeness (QED) is 0.851. The van der Waals surface area contributed by atoms with E-state index in [9.17, 15) is 9.90 Å². The lowest BCUT2D eigenvalue weighted by atomic mass is 10.1. The summed E-state index contributed by atoms with van der Waals surface area (Å²) in [5, 5.41) is 17.3. The summed E-state index contributed by atoms with van der Waals surface area (Å²) in [4.78, 5) is 18.9. The van der Waals surface area contributed by atoms with Crippen molar-refractivity contribution in [2.75, 3.05) is 26.2 Å². The largest absolute Gasteiger partial charge is 0.390 e. The van der Waals surface area contributed by atoms with Crippen molar-refractivity contribution in [1.82, 2.24) is 24.8 Å². The molecule has 1 aliphatic heterocycles. The lowest BCUT2D eigenvalue weighted by molar-refractivity contribution is 0.0829. The van der Waals surface area contributed by atoms with Gasteiger partial charge in [-0.1, -0.05) is 6.42 Å². The Morgan fingerprint density at radius 3 is 2.83 bits per heavy atom. The van der Waals surface area contributed by atoms with Crippen LogP contribution in [0.2, 0.25) is 0 Å². The molecule has 0 aliphatic carbocycles. The zero-order chi connectivity index (χ0) is 17.1. The van der Waals surface area contributed by atoms with Crippen LogP contribution >= 0.6 is 0 Å². The van der Waals surface area contributed by atoms with Crippen LogP contribution in [0, 0.1) is 13.8 Å². The highest BCUT2D eigenvalue weighted by atomic mass is 16.3. The van der Waals surface area contributed by atoms with Gasteiger partial charge in [-0.25, -0.2) is 9.50 Å². The number of aryl methyl sites for hydroxylation is 2. The van der Waals surface area contributed by atoms with Crippen LogP contribution in [0.15, 0.2) is 12.3 Å². The van der Waals surface area contributed by atoms with Crippen LogP contribution in [-0.2, 0) is 0 Å². The van der Waals surface area contributed by atoms with Gasteiger partial charge in [0.2, 0.25) is 0 Å². The van der Waals surface area contributed by atoms with Gasteiger partial charge in [-0.2, -0.15) is 5.10 Å². The fourth-order valence-electron chi connectivity index (χ4n) is 3.20. The molecule has 2 aromatic rings. The summed E-state index contributed by atoms with van der Waals surface area (Å²) in [6.45, 7) is 6.65. The Balaban J connectivity index is 1.59. The number of hydrogen-bond donors (Lipinski definition) is 2. The van der Waals surface area contributed by atoms with Crippen LogP contribution in [-0.4, -0.2) is 62.8 Å². The number of aliphatic hydroxyl groups excluding tert-OH is 1. The van der Waals surface area contributed by atoms with Crippen molar-refractivity contribution in [3.05, 3.63) is 29.2 Å². The van der Waals surface area contributed by atoms with Crippen LogP contribution in [0.1, 0.15) is 41.0 Å². The zero-order valence-electron chi connectivity index (χ0n) is 14.3. The molecule has 2 aromatic heterocycles. The second-order valence-electron chi connectivity index (χ2n) is 6.54. The molecule has 0 spiro atoms. The van der Waals surface area contributed by atoms with Gasteiger partial charge in [0.25, 0.3) is 5.91 Å². The topological polar surface area (TPSA) is 82.8 Å². The number of nitrogens with one attached hydrogen (secondary N) is 1. The van der Waals surface area contributed by atoms with Crippen molar-refractivity contribution >= 4 is 11.6 Å². The van der Waals surface area contributed by atoms with E-state index in [-0.39, 0.29) is 12.5 Å². The molecule has 1 amide bonds. The van der Waals surface area contributed by atoms with Crippen LogP contribution < -0.4 is 5.32 Å². The summed E-state index contributed by atoms with van der Waals surface area (Å²) in [5.74, 6) is -0.229. The molecule has 1 atom stereocenters. The van der Waals surface area contributed by atoms with Gasteiger partial charge in [0.05, 0.1) is 23.1 Å². The Hall–Kier alpha value is -1.99. The Morgan fingerprint density at radius 1 is 1.33 bits per heavy atom. The predicted octanol–water partition coefficient (Wildman–Crippen LogP) is 0.923. The maximum absolute atomic E-state index is 12.4. The third kappa shape index (κ3) is 3.73. The number of likely N-dealkylation sites (tertiary alicyclic amines) is 1. The first-order valence-corrected chi connectivity index (χ1v) is 8.55. The van der Waals surface area contributed by atoms with E-state index in [1.807, 2.05) is 19.9 Å². The molecule has 0 saturated carbocycles. The number of aromatic nitrogens is 3. The SMILES string of the molecule is Cc1cc2ncc(C(=O)NC[C@H](O)CN3CCCCC3)c(C)n2n1. The van der Waals surface area contributed by atoms with Gasteiger partial charge in [-0.3, -0.25) is 4.79 Å². The third-order valence-electron chi connectivity index (χ3n) is 4.51. The number of carbonyl (C=O) groups excluding carboxylic acids is 1. The van der Waals surface area contributed by atoms with Crippen LogP contribution in [0.3, 0.4) is 0 Å². The first kappa shape index (κ1) is 16.9. The molecule has 2 N–H and O–H groups in total. The van der Waals surface area contributed by atoms with E-state index < -0.39 is 6.10 Å². The molecule has 0 bridgehead atoms. The Morgan fingerprint density at radius 2 is 2.08 bits per heavy atom. The van der Waals surface area contributed by atoms with Crippen LogP contribution in [0.5, 0.6) is 0 Å². The standard InChI is InChI=1S/C17H25N5O2/c1-12-8-16-18-10-15(13(2)22(16)20-12)17(24)19-9-14(23)11-21-6-4-3-5-7-21/h8,10,14,23H,3-7,9,11H2,1-2H3,(H,19,24)/t14-/m0/s1. The second kappa shape index (κ2) is 7.27. The molecule has 0 aromatic carbocycles. The van der Waals surface area contributed by atoms with Crippen LogP contribution in [0.4, 0.5) is 0 Å². The smallest absolute Gasteiger partial charge is 0.254 e. The summed E-state index contributed by atoms with van der Waals surface area (Å²) < 4.78 is 1.68. The molecule has 7 nitrogen and oxygen atoms in total. The highest BCUT2D eigenvalue weighted by molar-refractivity contribution is 5.95. The average molecular weight is 331 g/mol. The predicted molar refractivity (Wildman–Crippen MR) is 91.1 cm³/mol. The molecule has 3 rings (SSSR count). The van der Waals surface area contributed by atoms with Gasteiger partial charge in [-0.05, 0) is 39.8 Å². The summed E-state index contributed by atoms with van der Waals surface area (Å²) in [5.41, 5.74) is 2.82. The molecule has 1 aliphatic rings. The molecule has 0 unspecified atom stereocenters. The summed E-state index contributed by atoms with van der Waals surface area (Å²) in [7, 11) is 0.